The van der Waals surface area contributed by atoms with E-state index in [4.69, 9.17) is 9.97 Å². The number of benzene rings is 7. The number of hydrogen-bond donors (Lipinski definition) is 0. The van der Waals surface area contributed by atoms with Crippen LogP contribution in [0, 0.1) is 0 Å². The maximum atomic E-state index is 15.1. The quantitative estimate of drug-likeness (QED) is 0.180. The molecule has 0 amide bonds. The number of imidazole rings is 1. The standard InChI is InChI=1S/C42H28N3OP/c46-47(34-14-3-1-4-15-34,35-16-5-2-6-17-35)36-25-24-29-22-23-31(27-33(29)28-36)30-12-11-13-32(26-30)41-43-38-19-8-7-18-37(38)42-44-39-20-9-10-21-40(39)45(41)42/h1-28H. The lowest BCUT2D eigenvalue weighted by Crippen LogP contribution is -2.24. The molecule has 0 atom stereocenters. The SMILES string of the molecule is O=P(c1ccccc1)(c1ccccc1)c1ccc2ccc(-c3cccc(-c4nc5ccccc5c5nc6ccccc6n45)c3)cc2c1. The summed E-state index contributed by atoms with van der Waals surface area (Å²) < 4.78 is 17.2. The summed E-state index contributed by atoms with van der Waals surface area (Å²) in [5.74, 6) is 0.851. The van der Waals surface area contributed by atoms with Gasteiger partial charge in [0, 0.05) is 26.9 Å². The van der Waals surface area contributed by atoms with Crippen LogP contribution in [0.4, 0.5) is 0 Å². The molecule has 9 rings (SSSR count). The first kappa shape index (κ1) is 27.5. The van der Waals surface area contributed by atoms with Gasteiger partial charge in [-0.05, 0) is 64.4 Å². The minimum atomic E-state index is -3.09. The summed E-state index contributed by atoms with van der Waals surface area (Å²) in [5.41, 5.74) is 6.95. The molecule has 0 fully saturated rings. The topological polar surface area (TPSA) is 47.3 Å². The van der Waals surface area contributed by atoms with E-state index in [-0.39, 0.29) is 0 Å². The van der Waals surface area contributed by atoms with Crippen molar-refractivity contribution >= 4 is 61.4 Å². The summed E-state index contributed by atoms with van der Waals surface area (Å²) in [6.07, 6.45) is 0. The van der Waals surface area contributed by atoms with Gasteiger partial charge >= 0.3 is 0 Å². The fourth-order valence-corrected chi connectivity index (χ4v) is 9.39. The number of nitrogens with zero attached hydrogens (tertiary/aromatic N) is 3. The van der Waals surface area contributed by atoms with Crippen molar-refractivity contribution in [3.8, 4) is 22.5 Å². The van der Waals surface area contributed by atoms with Crippen LogP contribution in [0.3, 0.4) is 0 Å². The molecule has 0 radical (unpaired) electrons. The van der Waals surface area contributed by atoms with Crippen molar-refractivity contribution < 1.29 is 4.57 Å². The van der Waals surface area contributed by atoms with E-state index in [1.54, 1.807) is 0 Å². The van der Waals surface area contributed by atoms with E-state index in [1.807, 2.05) is 97.1 Å². The highest BCUT2D eigenvalue weighted by molar-refractivity contribution is 7.85. The molecule has 0 aliphatic heterocycles. The Morgan fingerprint density at radius 2 is 1.09 bits per heavy atom. The molecule has 0 aliphatic rings. The molecule has 4 nitrogen and oxygen atoms in total. The molecule has 0 spiro atoms. The van der Waals surface area contributed by atoms with Gasteiger partial charge in [0.2, 0.25) is 0 Å². The van der Waals surface area contributed by atoms with Crippen LogP contribution in [0.15, 0.2) is 170 Å². The molecule has 2 aromatic heterocycles. The van der Waals surface area contributed by atoms with Gasteiger partial charge in [-0.25, -0.2) is 9.97 Å². The van der Waals surface area contributed by atoms with E-state index < -0.39 is 7.14 Å². The van der Waals surface area contributed by atoms with Gasteiger partial charge in [0.15, 0.2) is 7.14 Å². The zero-order valence-electron chi connectivity index (χ0n) is 25.4. The Balaban J connectivity index is 1.20. The lowest BCUT2D eigenvalue weighted by molar-refractivity contribution is 0.592. The number of hydrogen-bond acceptors (Lipinski definition) is 3. The van der Waals surface area contributed by atoms with Crippen LogP contribution in [0.2, 0.25) is 0 Å². The van der Waals surface area contributed by atoms with Crippen molar-refractivity contribution in [1.82, 2.24) is 14.4 Å². The first-order valence-corrected chi connectivity index (χ1v) is 17.4. The zero-order chi connectivity index (χ0) is 31.4. The Bertz CT molecular complexity index is 2620. The van der Waals surface area contributed by atoms with Gasteiger partial charge in [-0.3, -0.25) is 4.40 Å². The number of aromatic nitrogens is 3. The molecule has 7 aromatic carbocycles. The van der Waals surface area contributed by atoms with Crippen LogP contribution in [0.25, 0.3) is 60.9 Å². The van der Waals surface area contributed by atoms with Gasteiger partial charge < -0.3 is 4.57 Å². The summed E-state index contributed by atoms with van der Waals surface area (Å²) >= 11 is 0. The lowest BCUT2D eigenvalue weighted by atomic mass is 9.99. The molecule has 5 heteroatoms. The first-order chi connectivity index (χ1) is 23.2. The molecule has 2 heterocycles. The second kappa shape index (κ2) is 10.9. The molecule has 9 aromatic rings. The number of para-hydroxylation sites is 3. The molecule has 47 heavy (non-hydrogen) atoms. The summed E-state index contributed by atoms with van der Waals surface area (Å²) in [5, 5.41) is 5.65. The lowest BCUT2D eigenvalue weighted by Gasteiger charge is -2.20. The smallest absolute Gasteiger partial charge is 0.171 e. The third-order valence-electron chi connectivity index (χ3n) is 9.03. The summed E-state index contributed by atoms with van der Waals surface area (Å²) in [6, 6.07) is 57.3. The Kier molecular flexibility index (Phi) is 6.38. The third-order valence-corrected chi connectivity index (χ3v) is 12.1. The average molecular weight is 622 g/mol. The molecule has 0 bridgehead atoms. The summed E-state index contributed by atoms with van der Waals surface area (Å²) in [6.45, 7) is 0. The second-order valence-electron chi connectivity index (χ2n) is 11.8. The molecular weight excluding hydrogens is 593 g/mol. The van der Waals surface area contributed by atoms with Crippen molar-refractivity contribution in [3.05, 3.63) is 170 Å². The Labute approximate surface area is 272 Å². The highest BCUT2D eigenvalue weighted by atomic mass is 31.2. The monoisotopic (exact) mass is 621 g/mol. The molecule has 0 saturated carbocycles. The van der Waals surface area contributed by atoms with E-state index in [1.165, 1.54) is 0 Å². The Morgan fingerprint density at radius 1 is 0.447 bits per heavy atom. The molecule has 0 unspecified atom stereocenters. The molecule has 222 valence electrons. The number of rotatable bonds is 5. The average Bonchev–Trinajstić information content (AvgIpc) is 3.55. The van der Waals surface area contributed by atoms with Gasteiger partial charge in [0.05, 0.1) is 16.6 Å². The van der Waals surface area contributed by atoms with Gasteiger partial charge in [-0.1, -0.05) is 127 Å². The maximum Gasteiger partial charge on any atom is 0.171 e. The fourth-order valence-electron chi connectivity index (χ4n) is 6.71. The van der Waals surface area contributed by atoms with Crippen LogP contribution in [-0.2, 0) is 4.57 Å². The normalized spacial score (nSPS) is 11.9. The van der Waals surface area contributed by atoms with Crippen molar-refractivity contribution in [2.45, 2.75) is 0 Å². The highest BCUT2D eigenvalue weighted by Gasteiger charge is 2.29. The van der Waals surface area contributed by atoms with Gasteiger partial charge in [-0.15, -0.1) is 0 Å². The predicted octanol–water partition coefficient (Wildman–Crippen LogP) is 9.16. The molecule has 0 saturated heterocycles. The van der Waals surface area contributed by atoms with Crippen LogP contribution in [0.5, 0.6) is 0 Å². The largest absolute Gasteiger partial charge is 0.309 e. The van der Waals surface area contributed by atoms with Crippen molar-refractivity contribution in [1.29, 1.82) is 0 Å². The fraction of sp³-hybridized carbons (Fsp3) is 0. The highest BCUT2D eigenvalue weighted by Crippen LogP contribution is 2.43. The van der Waals surface area contributed by atoms with E-state index in [0.717, 1.165) is 76.8 Å². The Morgan fingerprint density at radius 3 is 1.87 bits per heavy atom. The Hall–Kier alpha value is -5.83. The molecular formula is C42H28N3OP. The van der Waals surface area contributed by atoms with E-state index in [2.05, 4.69) is 77.2 Å². The minimum absolute atomic E-state index is 0.822. The minimum Gasteiger partial charge on any atom is -0.309 e. The van der Waals surface area contributed by atoms with Crippen LogP contribution >= 0.6 is 7.14 Å². The summed E-state index contributed by atoms with van der Waals surface area (Å²) in [4.78, 5) is 10.2. The van der Waals surface area contributed by atoms with Crippen LogP contribution < -0.4 is 15.9 Å². The molecule has 0 aliphatic carbocycles. The first-order valence-electron chi connectivity index (χ1n) is 15.7. The second-order valence-corrected chi connectivity index (χ2v) is 14.6. The van der Waals surface area contributed by atoms with E-state index in [0.29, 0.717) is 0 Å². The zero-order valence-corrected chi connectivity index (χ0v) is 26.3. The molecule has 0 N–H and O–H groups in total. The van der Waals surface area contributed by atoms with Crippen LogP contribution in [0.1, 0.15) is 0 Å². The summed E-state index contributed by atoms with van der Waals surface area (Å²) in [7, 11) is -3.09. The predicted molar refractivity (Wildman–Crippen MR) is 196 cm³/mol. The van der Waals surface area contributed by atoms with Crippen molar-refractivity contribution in [3.63, 3.8) is 0 Å². The van der Waals surface area contributed by atoms with Crippen LogP contribution in [-0.4, -0.2) is 14.4 Å². The maximum absolute atomic E-state index is 15.1. The third kappa shape index (κ3) is 4.49. The van der Waals surface area contributed by atoms with E-state index in [9.17, 15) is 0 Å². The van der Waals surface area contributed by atoms with E-state index >= 15 is 4.57 Å². The van der Waals surface area contributed by atoms with Gasteiger partial charge in [0.1, 0.15) is 11.5 Å². The van der Waals surface area contributed by atoms with Crippen molar-refractivity contribution in [2.75, 3.05) is 0 Å². The number of fused-ring (bicyclic) bond motifs is 6. The van der Waals surface area contributed by atoms with Gasteiger partial charge in [-0.2, -0.15) is 0 Å². The van der Waals surface area contributed by atoms with Crippen molar-refractivity contribution in [2.24, 2.45) is 0 Å². The van der Waals surface area contributed by atoms with Gasteiger partial charge in [0.25, 0.3) is 0 Å².